The smallest absolute Gasteiger partial charge is 0.321 e. The predicted octanol–water partition coefficient (Wildman–Crippen LogP) is 3.11. The standard InChI is InChI=1S/C17H21N3O2/c1-13-12-15(7-8-16(13)22-3)19-17(21)20(2)11-9-14-6-4-5-10-18-14/h4-8,10,12H,9,11H2,1-3H3,(H,19,21). The number of carbonyl (C=O) groups is 1. The molecule has 5 nitrogen and oxygen atoms in total. The van der Waals surface area contributed by atoms with E-state index in [1.54, 1.807) is 25.3 Å². The third-order valence-electron chi connectivity index (χ3n) is 3.42. The van der Waals surface area contributed by atoms with Gasteiger partial charge in [0, 0.05) is 37.6 Å². The summed E-state index contributed by atoms with van der Waals surface area (Å²) in [6.45, 7) is 2.55. The molecule has 22 heavy (non-hydrogen) atoms. The van der Waals surface area contributed by atoms with Crippen LogP contribution in [0.15, 0.2) is 42.6 Å². The number of methoxy groups -OCH3 is 1. The first-order valence-corrected chi connectivity index (χ1v) is 7.17. The maximum Gasteiger partial charge on any atom is 0.321 e. The fraction of sp³-hybridized carbons (Fsp3) is 0.294. The Morgan fingerprint density at radius 3 is 2.77 bits per heavy atom. The Bertz CT molecular complexity index is 629. The molecule has 0 aliphatic heterocycles. The molecule has 5 heteroatoms. The molecule has 1 aromatic heterocycles. The summed E-state index contributed by atoms with van der Waals surface area (Å²) in [7, 11) is 3.40. The van der Waals surface area contributed by atoms with Gasteiger partial charge in [-0.2, -0.15) is 0 Å². The molecule has 0 aliphatic rings. The van der Waals surface area contributed by atoms with E-state index in [1.807, 2.05) is 43.3 Å². The van der Waals surface area contributed by atoms with Crippen LogP contribution >= 0.6 is 0 Å². The SMILES string of the molecule is COc1ccc(NC(=O)N(C)CCc2ccccn2)cc1C. The molecule has 1 aromatic carbocycles. The molecule has 0 saturated heterocycles. The number of likely N-dealkylation sites (N-methyl/N-ethyl adjacent to an activating group) is 1. The minimum Gasteiger partial charge on any atom is -0.496 e. The van der Waals surface area contributed by atoms with Crippen molar-refractivity contribution in [1.82, 2.24) is 9.88 Å². The van der Waals surface area contributed by atoms with E-state index in [0.29, 0.717) is 6.54 Å². The molecule has 2 aromatic rings. The van der Waals surface area contributed by atoms with Gasteiger partial charge in [-0.3, -0.25) is 4.98 Å². The fourth-order valence-electron chi connectivity index (χ4n) is 2.10. The topological polar surface area (TPSA) is 54.5 Å². The largest absolute Gasteiger partial charge is 0.496 e. The molecular weight excluding hydrogens is 278 g/mol. The molecule has 116 valence electrons. The van der Waals surface area contributed by atoms with Gasteiger partial charge in [-0.15, -0.1) is 0 Å². The van der Waals surface area contributed by atoms with Crippen molar-refractivity contribution in [2.75, 3.05) is 26.0 Å². The van der Waals surface area contributed by atoms with Crippen molar-refractivity contribution in [1.29, 1.82) is 0 Å². The molecule has 1 heterocycles. The third kappa shape index (κ3) is 4.22. The number of hydrogen-bond donors (Lipinski definition) is 1. The van der Waals surface area contributed by atoms with E-state index in [9.17, 15) is 4.79 Å². The van der Waals surface area contributed by atoms with Gasteiger partial charge in [-0.1, -0.05) is 6.07 Å². The van der Waals surface area contributed by atoms with Crippen molar-refractivity contribution in [3.8, 4) is 5.75 Å². The van der Waals surface area contributed by atoms with Crippen molar-refractivity contribution in [3.05, 3.63) is 53.9 Å². The summed E-state index contributed by atoms with van der Waals surface area (Å²) in [5, 5.41) is 2.88. The lowest BCUT2D eigenvalue weighted by Gasteiger charge is -2.18. The molecule has 2 rings (SSSR count). The summed E-state index contributed by atoms with van der Waals surface area (Å²) >= 11 is 0. The number of carbonyl (C=O) groups excluding carboxylic acids is 1. The summed E-state index contributed by atoms with van der Waals surface area (Å²) in [6.07, 6.45) is 2.49. The Kier molecular flexibility index (Phi) is 5.36. The second kappa shape index (κ2) is 7.45. The second-order valence-corrected chi connectivity index (χ2v) is 5.11. The lowest BCUT2D eigenvalue weighted by atomic mass is 10.2. The van der Waals surface area contributed by atoms with E-state index in [0.717, 1.165) is 29.1 Å². The number of ether oxygens (including phenoxy) is 1. The Hall–Kier alpha value is -2.56. The fourth-order valence-corrected chi connectivity index (χ4v) is 2.10. The first kappa shape index (κ1) is 15.8. The second-order valence-electron chi connectivity index (χ2n) is 5.11. The molecule has 0 bridgehead atoms. The van der Waals surface area contributed by atoms with Crippen LogP contribution in [0.5, 0.6) is 5.75 Å². The van der Waals surface area contributed by atoms with Crippen LogP contribution in [-0.2, 0) is 6.42 Å². The highest BCUT2D eigenvalue weighted by Gasteiger charge is 2.10. The van der Waals surface area contributed by atoms with Gasteiger partial charge in [0.25, 0.3) is 0 Å². The normalized spacial score (nSPS) is 10.1. The first-order chi connectivity index (χ1) is 10.6. The van der Waals surface area contributed by atoms with Crippen LogP contribution in [-0.4, -0.2) is 36.6 Å². The summed E-state index contributed by atoms with van der Waals surface area (Å²) in [6, 6.07) is 11.2. The van der Waals surface area contributed by atoms with Crippen molar-refractivity contribution in [2.45, 2.75) is 13.3 Å². The monoisotopic (exact) mass is 299 g/mol. The maximum atomic E-state index is 12.2. The summed E-state index contributed by atoms with van der Waals surface area (Å²) in [5.74, 6) is 0.807. The number of urea groups is 1. The zero-order chi connectivity index (χ0) is 15.9. The Morgan fingerprint density at radius 1 is 1.32 bits per heavy atom. The zero-order valence-corrected chi connectivity index (χ0v) is 13.2. The summed E-state index contributed by atoms with van der Waals surface area (Å²) in [4.78, 5) is 18.1. The van der Waals surface area contributed by atoms with Gasteiger partial charge in [0.1, 0.15) is 5.75 Å². The van der Waals surface area contributed by atoms with Gasteiger partial charge in [-0.25, -0.2) is 4.79 Å². The van der Waals surface area contributed by atoms with E-state index in [2.05, 4.69) is 10.3 Å². The number of aryl methyl sites for hydroxylation is 1. The van der Waals surface area contributed by atoms with Gasteiger partial charge in [0.15, 0.2) is 0 Å². The lowest BCUT2D eigenvalue weighted by Crippen LogP contribution is -2.33. The lowest BCUT2D eigenvalue weighted by molar-refractivity contribution is 0.223. The number of benzene rings is 1. The third-order valence-corrected chi connectivity index (χ3v) is 3.42. The number of aromatic nitrogens is 1. The Morgan fingerprint density at radius 2 is 2.14 bits per heavy atom. The predicted molar refractivity (Wildman–Crippen MR) is 87.3 cm³/mol. The number of rotatable bonds is 5. The highest BCUT2D eigenvalue weighted by molar-refractivity contribution is 5.89. The number of pyridine rings is 1. The molecule has 0 saturated carbocycles. The van der Waals surface area contributed by atoms with Crippen LogP contribution in [0, 0.1) is 6.92 Å². The van der Waals surface area contributed by atoms with Gasteiger partial charge >= 0.3 is 6.03 Å². The molecule has 0 spiro atoms. The summed E-state index contributed by atoms with van der Waals surface area (Å²) < 4.78 is 5.21. The van der Waals surface area contributed by atoms with Crippen molar-refractivity contribution < 1.29 is 9.53 Å². The summed E-state index contributed by atoms with van der Waals surface area (Å²) in [5.41, 5.74) is 2.71. The molecule has 1 N–H and O–H groups in total. The number of amides is 2. The van der Waals surface area contributed by atoms with Gasteiger partial charge in [0.2, 0.25) is 0 Å². The average molecular weight is 299 g/mol. The maximum absolute atomic E-state index is 12.2. The van der Waals surface area contributed by atoms with Crippen LogP contribution in [0.1, 0.15) is 11.3 Å². The van der Waals surface area contributed by atoms with Gasteiger partial charge < -0.3 is 15.0 Å². The van der Waals surface area contributed by atoms with Crippen molar-refractivity contribution in [3.63, 3.8) is 0 Å². The van der Waals surface area contributed by atoms with E-state index >= 15 is 0 Å². The number of hydrogen-bond acceptors (Lipinski definition) is 3. The molecule has 0 radical (unpaired) electrons. The number of anilines is 1. The van der Waals surface area contributed by atoms with Crippen LogP contribution in [0.3, 0.4) is 0 Å². The van der Waals surface area contributed by atoms with Crippen molar-refractivity contribution in [2.24, 2.45) is 0 Å². The quantitative estimate of drug-likeness (QED) is 0.923. The van der Waals surface area contributed by atoms with Gasteiger partial charge in [0.05, 0.1) is 7.11 Å². The van der Waals surface area contributed by atoms with E-state index in [4.69, 9.17) is 4.74 Å². The molecule has 2 amide bonds. The Balaban J connectivity index is 1.89. The Labute approximate surface area is 130 Å². The van der Waals surface area contributed by atoms with E-state index in [1.165, 1.54) is 0 Å². The average Bonchev–Trinajstić information content (AvgIpc) is 2.53. The molecule has 0 unspecified atom stereocenters. The number of nitrogens with zero attached hydrogens (tertiary/aromatic N) is 2. The minimum atomic E-state index is -0.138. The molecule has 0 atom stereocenters. The van der Waals surface area contributed by atoms with E-state index < -0.39 is 0 Å². The first-order valence-electron chi connectivity index (χ1n) is 7.17. The van der Waals surface area contributed by atoms with Crippen LogP contribution in [0.2, 0.25) is 0 Å². The number of nitrogens with one attached hydrogen (secondary N) is 1. The zero-order valence-electron chi connectivity index (χ0n) is 13.2. The highest BCUT2D eigenvalue weighted by Crippen LogP contribution is 2.21. The molecular formula is C17H21N3O2. The van der Waals surface area contributed by atoms with E-state index in [-0.39, 0.29) is 6.03 Å². The molecule has 0 aliphatic carbocycles. The van der Waals surface area contributed by atoms with Crippen LogP contribution < -0.4 is 10.1 Å². The highest BCUT2D eigenvalue weighted by atomic mass is 16.5. The minimum absolute atomic E-state index is 0.138. The van der Waals surface area contributed by atoms with Crippen LogP contribution in [0.25, 0.3) is 0 Å². The van der Waals surface area contributed by atoms with Crippen molar-refractivity contribution >= 4 is 11.7 Å². The molecule has 0 fully saturated rings. The van der Waals surface area contributed by atoms with Crippen LogP contribution in [0.4, 0.5) is 10.5 Å². The van der Waals surface area contributed by atoms with Gasteiger partial charge in [-0.05, 0) is 42.8 Å².